The standard InChI is InChI=1S/C11H7F2N3O3/c12-6-1-2-7(8(13)3-6)9-4-15-5-10(16(17)18)14-11(15)19-9/h1-3,5,9H,4H2. The molecule has 98 valence electrons. The van der Waals surface area contributed by atoms with Gasteiger partial charge in [0.05, 0.1) is 6.54 Å². The molecule has 3 rings (SSSR count). The molecule has 0 spiro atoms. The maximum Gasteiger partial charge on any atom is 0.415 e. The van der Waals surface area contributed by atoms with Crippen LogP contribution in [-0.4, -0.2) is 14.5 Å². The Balaban J connectivity index is 1.87. The molecule has 0 N–H and O–H groups in total. The fourth-order valence-corrected chi connectivity index (χ4v) is 1.97. The zero-order valence-corrected chi connectivity index (χ0v) is 9.42. The first-order valence-corrected chi connectivity index (χ1v) is 5.38. The Labute approximate surface area is 105 Å². The lowest BCUT2D eigenvalue weighted by Crippen LogP contribution is -2.08. The number of nitro groups is 1. The van der Waals surface area contributed by atoms with Crippen LogP contribution in [0.3, 0.4) is 0 Å². The minimum Gasteiger partial charge on any atom is -0.436 e. The van der Waals surface area contributed by atoms with E-state index in [1.807, 2.05) is 0 Å². The number of hydrogen-bond donors (Lipinski definition) is 0. The van der Waals surface area contributed by atoms with Crippen molar-refractivity contribution in [3.05, 3.63) is 51.7 Å². The van der Waals surface area contributed by atoms with Gasteiger partial charge in [0, 0.05) is 16.6 Å². The third-order valence-corrected chi connectivity index (χ3v) is 2.83. The Morgan fingerprint density at radius 1 is 1.47 bits per heavy atom. The van der Waals surface area contributed by atoms with E-state index < -0.39 is 22.7 Å². The Kier molecular flexibility index (Phi) is 2.44. The first kappa shape index (κ1) is 11.6. The van der Waals surface area contributed by atoms with E-state index in [9.17, 15) is 18.9 Å². The molecular formula is C11H7F2N3O3. The smallest absolute Gasteiger partial charge is 0.415 e. The number of imidazole rings is 1. The first-order valence-electron chi connectivity index (χ1n) is 5.38. The normalized spacial score (nSPS) is 17.1. The summed E-state index contributed by atoms with van der Waals surface area (Å²) < 4.78 is 33.1. The Morgan fingerprint density at radius 2 is 2.26 bits per heavy atom. The molecule has 8 heteroatoms. The number of nitrogens with zero attached hydrogens (tertiary/aromatic N) is 3. The molecule has 2 heterocycles. The number of ether oxygens (including phenoxy) is 1. The second-order valence-corrected chi connectivity index (χ2v) is 4.06. The lowest BCUT2D eigenvalue weighted by molar-refractivity contribution is -0.389. The summed E-state index contributed by atoms with van der Waals surface area (Å²) in [6, 6.07) is 3.24. The number of benzene rings is 1. The summed E-state index contributed by atoms with van der Waals surface area (Å²) in [4.78, 5) is 13.5. The van der Waals surface area contributed by atoms with Gasteiger partial charge < -0.3 is 14.9 Å². The topological polar surface area (TPSA) is 70.2 Å². The van der Waals surface area contributed by atoms with Crippen LogP contribution in [0.4, 0.5) is 14.6 Å². The molecule has 0 saturated carbocycles. The van der Waals surface area contributed by atoms with Crippen molar-refractivity contribution < 1.29 is 18.4 Å². The van der Waals surface area contributed by atoms with Crippen LogP contribution in [0.1, 0.15) is 11.7 Å². The van der Waals surface area contributed by atoms with Crippen LogP contribution in [0.15, 0.2) is 24.4 Å². The maximum absolute atomic E-state index is 13.6. The van der Waals surface area contributed by atoms with Gasteiger partial charge in [0.1, 0.15) is 17.8 Å². The molecule has 0 saturated heterocycles. The third kappa shape index (κ3) is 1.90. The molecule has 0 fully saturated rings. The lowest BCUT2D eigenvalue weighted by atomic mass is 10.1. The minimum atomic E-state index is -0.717. The van der Waals surface area contributed by atoms with Crippen molar-refractivity contribution in [1.29, 1.82) is 0 Å². The van der Waals surface area contributed by atoms with Crippen molar-refractivity contribution in [2.75, 3.05) is 0 Å². The van der Waals surface area contributed by atoms with Crippen LogP contribution in [0, 0.1) is 21.7 Å². The van der Waals surface area contributed by atoms with Crippen molar-refractivity contribution in [2.24, 2.45) is 0 Å². The van der Waals surface area contributed by atoms with Gasteiger partial charge in [-0.25, -0.2) is 8.78 Å². The van der Waals surface area contributed by atoms with Crippen LogP contribution in [-0.2, 0) is 6.54 Å². The molecule has 1 aliphatic rings. The summed E-state index contributed by atoms with van der Waals surface area (Å²) in [5, 5.41) is 10.5. The van der Waals surface area contributed by atoms with Gasteiger partial charge in [-0.15, -0.1) is 0 Å². The molecule has 0 bridgehead atoms. The number of aromatic nitrogens is 2. The number of halogens is 2. The summed E-state index contributed by atoms with van der Waals surface area (Å²) in [5.74, 6) is -1.72. The molecule has 1 aromatic carbocycles. The molecular weight excluding hydrogens is 260 g/mol. The monoisotopic (exact) mass is 267 g/mol. The van der Waals surface area contributed by atoms with E-state index in [2.05, 4.69) is 4.98 Å². The van der Waals surface area contributed by atoms with Crippen LogP contribution < -0.4 is 4.74 Å². The van der Waals surface area contributed by atoms with E-state index >= 15 is 0 Å². The lowest BCUT2D eigenvalue weighted by Gasteiger charge is -2.09. The van der Waals surface area contributed by atoms with E-state index in [1.165, 1.54) is 16.8 Å². The van der Waals surface area contributed by atoms with Crippen molar-refractivity contribution in [3.63, 3.8) is 0 Å². The SMILES string of the molecule is O=[N+]([O-])c1cn2c(n1)OC(c1ccc(F)cc1F)C2. The van der Waals surface area contributed by atoms with Gasteiger partial charge in [-0.3, -0.25) is 4.57 Å². The van der Waals surface area contributed by atoms with Crippen LogP contribution in [0.5, 0.6) is 6.01 Å². The minimum absolute atomic E-state index is 0.0559. The third-order valence-electron chi connectivity index (χ3n) is 2.83. The predicted molar refractivity (Wildman–Crippen MR) is 58.6 cm³/mol. The van der Waals surface area contributed by atoms with E-state index in [0.717, 1.165) is 12.1 Å². The first-order chi connectivity index (χ1) is 9.04. The van der Waals surface area contributed by atoms with E-state index in [4.69, 9.17) is 4.74 Å². The predicted octanol–water partition coefficient (Wildman–Crippen LogP) is 2.20. The van der Waals surface area contributed by atoms with Gasteiger partial charge in [0.2, 0.25) is 0 Å². The Bertz CT molecular complexity index is 648. The highest BCUT2D eigenvalue weighted by Gasteiger charge is 2.33. The van der Waals surface area contributed by atoms with Crippen LogP contribution >= 0.6 is 0 Å². The largest absolute Gasteiger partial charge is 0.436 e. The second-order valence-electron chi connectivity index (χ2n) is 4.06. The summed E-state index contributed by atoms with van der Waals surface area (Å²) in [6.07, 6.45) is 0.556. The number of rotatable bonds is 2. The number of fused-ring (bicyclic) bond motifs is 1. The van der Waals surface area contributed by atoms with Gasteiger partial charge >= 0.3 is 11.8 Å². The Morgan fingerprint density at radius 3 is 2.89 bits per heavy atom. The molecule has 1 unspecified atom stereocenters. The van der Waals surface area contributed by atoms with Gasteiger partial charge in [-0.1, -0.05) is 0 Å². The fourth-order valence-electron chi connectivity index (χ4n) is 1.97. The summed E-state index contributed by atoms with van der Waals surface area (Å²) in [6.45, 7) is 0.193. The number of hydrogen-bond acceptors (Lipinski definition) is 4. The zero-order valence-electron chi connectivity index (χ0n) is 9.42. The Hall–Kier alpha value is -2.51. The average molecular weight is 267 g/mol. The van der Waals surface area contributed by atoms with Crippen molar-refractivity contribution >= 4 is 5.82 Å². The summed E-state index contributed by atoms with van der Waals surface area (Å²) >= 11 is 0. The highest BCUT2D eigenvalue weighted by molar-refractivity contribution is 5.27. The zero-order chi connectivity index (χ0) is 13.6. The molecule has 0 radical (unpaired) electrons. The molecule has 2 aromatic rings. The highest BCUT2D eigenvalue weighted by atomic mass is 19.1. The molecule has 1 aromatic heterocycles. The fraction of sp³-hybridized carbons (Fsp3) is 0.182. The van der Waals surface area contributed by atoms with Crippen molar-refractivity contribution in [1.82, 2.24) is 9.55 Å². The molecule has 1 atom stereocenters. The van der Waals surface area contributed by atoms with Gasteiger partial charge in [-0.2, -0.15) is 0 Å². The van der Waals surface area contributed by atoms with Crippen LogP contribution in [0.2, 0.25) is 0 Å². The molecule has 6 nitrogen and oxygen atoms in total. The molecule has 1 aliphatic heterocycles. The van der Waals surface area contributed by atoms with E-state index in [-0.39, 0.29) is 23.9 Å². The van der Waals surface area contributed by atoms with Gasteiger partial charge in [-0.05, 0) is 17.1 Å². The molecule has 0 aliphatic carbocycles. The highest BCUT2D eigenvalue weighted by Crippen LogP contribution is 2.33. The quantitative estimate of drug-likeness (QED) is 0.617. The average Bonchev–Trinajstić information content (AvgIpc) is 2.86. The molecule has 0 amide bonds. The second kappa shape index (κ2) is 4.01. The van der Waals surface area contributed by atoms with E-state index in [0.29, 0.717) is 0 Å². The van der Waals surface area contributed by atoms with Crippen molar-refractivity contribution in [2.45, 2.75) is 12.6 Å². The van der Waals surface area contributed by atoms with Crippen LogP contribution in [0.25, 0.3) is 0 Å². The van der Waals surface area contributed by atoms with E-state index in [1.54, 1.807) is 0 Å². The maximum atomic E-state index is 13.6. The van der Waals surface area contributed by atoms with Gasteiger partial charge in [0.25, 0.3) is 0 Å². The summed E-state index contributed by atoms with van der Waals surface area (Å²) in [5.41, 5.74) is 0.189. The van der Waals surface area contributed by atoms with Crippen molar-refractivity contribution in [3.8, 4) is 6.01 Å². The van der Waals surface area contributed by atoms with Gasteiger partial charge in [0.15, 0.2) is 6.10 Å². The summed E-state index contributed by atoms with van der Waals surface area (Å²) in [7, 11) is 0. The molecule has 19 heavy (non-hydrogen) atoms.